The normalized spacial score (nSPS) is 25.8. The van der Waals surface area contributed by atoms with Crippen LogP contribution in [-0.2, 0) is 9.59 Å². The van der Waals surface area contributed by atoms with Crippen LogP contribution in [0.5, 0.6) is 0 Å². The summed E-state index contributed by atoms with van der Waals surface area (Å²) in [7, 11) is 0. The zero-order valence-corrected chi connectivity index (χ0v) is 15.1. The second-order valence-electron chi connectivity index (χ2n) is 6.98. The molecule has 1 rings (SSSR count). The summed E-state index contributed by atoms with van der Waals surface area (Å²) in [6, 6.07) is 0. The van der Waals surface area contributed by atoms with E-state index in [1.807, 2.05) is 0 Å². The smallest absolute Gasteiger partial charge is 0.317 e. The van der Waals surface area contributed by atoms with Gasteiger partial charge in [0.2, 0.25) is 0 Å². The van der Waals surface area contributed by atoms with Crippen molar-refractivity contribution in [3.8, 4) is 0 Å². The first-order valence-electron chi connectivity index (χ1n) is 9.30. The molecule has 0 unspecified atom stereocenters. The van der Waals surface area contributed by atoms with E-state index in [1.165, 1.54) is 0 Å². The molecule has 24 heavy (non-hydrogen) atoms. The molecule has 0 aromatic heterocycles. The molecule has 0 amide bonds. The molecule has 0 spiro atoms. The zero-order chi connectivity index (χ0) is 18.1. The van der Waals surface area contributed by atoms with Gasteiger partial charge in [0.15, 0.2) is 0 Å². The Labute approximate surface area is 145 Å². The Bertz CT molecular complexity index is 420. The van der Waals surface area contributed by atoms with Crippen molar-refractivity contribution >= 4 is 11.9 Å². The highest BCUT2D eigenvalue weighted by molar-refractivity contribution is 5.84. The number of hydrogen-bond donors (Lipinski definition) is 2. The highest BCUT2D eigenvalue weighted by Crippen LogP contribution is 2.40. The van der Waals surface area contributed by atoms with Crippen molar-refractivity contribution in [3.05, 3.63) is 24.3 Å². The van der Waals surface area contributed by atoms with Gasteiger partial charge in [-0.2, -0.15) is 0 Å². The average Bonchev–Trinajstić information content (AvgIpc) is 2.56. The van der Waals surface area contributed by atoms with Gasteiger partial charge < -0.3 is 10.2 Å². The van der Waals surface area contributed by atoms with E-state index in [-0.39, 0.29) is 0 Å². The standard InChI is InChI=1S/C20H32O4/c1-3-5-7-9-11-19(17(21)22)13-15-20(16-14-19,18(23)24)12-10-8-6-4-2/h13-16H,3-12H2,1-2H3,(H,21,22)(H,23,24). The minimum Gasteiger partial charge on any atom is -0.480 e. The summed E-state index contributed by atoms with van der Waals surface area (Å²) in [4.78, 5) is 23.5. The molecule has 0 saturated carbocycles. The quantitative estimate of drug-likeness (QED) is 0.379. The van der Waals surface area contributed by atoms with Crippen molar-refractivity contribution in [2.75, 3.05) is 0 Å². The Morgan fingerprint density at radius 1 is 0.667 bits per heavy atom. The van der Waals surface area contributed by atoms with Crippen molar-refractivity contribution < 1.29 is 19.8 Å². The van der Waals surface area contributed by atoms with Gasteiger partial charge in [0.05, 0.1) is 0 Å². The van der Waals surface area contributed by atoms with Gasteiger partial charge in [-0.1, -0.05) is 89.5 Å². The van der Waals surface area contributed by atoms with E-state index in [0.717, 1.165) is 51.4 Å². The summed E-state index contributed by atoms with van der Waals surface area (Å²) in [6.45, 7) is 4.24. The molecule has 0 bridgehead atoms. The van der Waals surface area contributed by atoms with Crippen LogP contribution in [0, 0.1) is 10.8 Å². The molecule has 2 N–H and O–H groups in total. The number of aliphatic carboxylic acids is 2. The topological polar surface area (TPSA) is 74.6 Å². The van der Waals surface area contributed by atoms with Crippen molar-refractivity contribution in [1.29, 1.82) is 0 Å². The van der Waals surface area contributed by atoms with Crippen molar-refractivity contribution in [2.45, 2.75) is 78.1 Å². The van der Waals surface area contributed by atoms with Crippen LogP contribution in [-0.4, -0.2) is 22.2 Å². The summed E-state index contributed by atoms with van der Waals surface area (Å²) in [6.07, 6.45) is 15.6. The largest absolute Gasteiger partial charge is 0.480 e. The first-order chi connectivity index (χ1) is 11.4. The molecule has 1 aliphatic rings. The first-order valence-corrected chi connectivity index (χ1v) is 9.30. The lowest BCUT2D eigenvalue weighted by molar-refractivity contribution is -0.146. The number of unbranched alkanes of at least 4 members (excludes halogenated alkanes) is 6. The van der Waals surface area contributed by atoms with Gasteiger partial charge in [-0.05, 0) is 12.8 Å². The molecule has 0 aliphatic heterocycles. The van der Waals surface area contributed by atoms with Gasteiger partial charge in [-0.3, -0.25) is 9.59 Å². The molecule has 0 aromatic carbocycles. The number of carboxylic acids is 2. The highest BCUT2D eigenvalue weighted by Gasteiger charge is 2.41. The summed E-state index contributed by atoms with van der Waals surface area (Å²) in [5.74, 6) is -1.78. The molecule has 0 atom stereocenters. The molecular formula is C20H32O4. The van der Waals surface area contributed by atoms with Crippen molar-refractivity contribution in [2.24, 2.45) is 10.8 Å². The lowest BCUT2D eigenvalue weighted by Gasteiger charge is -2.32. The van der Waals surface area contributed by atoms with E-state index in [9.17, 15) is 19.8 Å². The van der Waals surface area contributed by atoms with Gasteiger partial charge in [0.25, 0.3) is 0 Å². The molecule has 0 radical (unpaired) electrons. The van der Waals surface area contributed by atoms with E-state index >= 15 is 0 Å². The minimum absolute atomic E-state index is 0.529. The molecule has 0 saturated heterocycles. The van der Waals surface area contributed by atoms with E-state index in [4.69, 9.17) is 0 Å². The first kappa shape index (κ1) is 20.5. The molecule has 0 aromatic rings. The van der Waals surface area contributed by atoms with Gasteiger partial charge in [0, 0.05) is 0 Å². The van der Waals surface area contributed by atoms with Gasteiger partial charge in [-0.25, -0.2) is 0 Å². The summed E-state index contributed by atoms with van der Waals surface area (Å²) < 4.78 is 0. The predicted molar refractivity (Wildman–Crippen MR) is 95.9 cm³/mol. The van der Waals surface area contributed by atoms with Crippen LogP contribution in [0.3, 0.4) is 0 Å². The van der Waals surface area contributed by atoms with Crippen LogP contribution in [0.2, 0.25) is 0 Å². The highest BCUT2D eigenvalue weighted by atomic mass is 16.4. The molecular weight excluding hydrogens is 304 g/mol. The van der Waals surface area contributed by atoms with E-state index in [0.29, 0.717) is 12.8 Å². The summed E-state index contributed by atoms with van der Waals surface area (Å²) in [5, 5.41) is 19.3. The summed E-state index contributed by atoms with van der Waals surface area (Å²) >= 11 is 0. The van der Waals surface area contributed by atoms with Crippen LogP contribution in [0.15, 0.2) is 24.3 Å². The Morgan fingerprint density at radius 3 is 1.25 bits per heavy atom. The fourth-order valence-electron chi connectivity index (χ4n) is 3.23. The monoisotopic (exact) mass is 336 g/mol. The van der Waals surface area contributed by atoms with Crippen molar-refractivity contribution in [3.63, 3.8) is 0 Å². The number of carbonyl (C=O) groups is 2. The minimum atomic E-state index is -1.05. The maximum Gasteiger partial charge on any atom is 0.317 e. The second-order valence-corrected chi connectivity index (χ2v) is 6.98. The van der Waals surface area contributed by atoms with Crippen molar-refractivity contribution in [1.82, 2.24) is 0 Å². The molecule has 4 nitrogen and oxygen atoms in total. The number of hydrogen-bond acceptors (Lipinski definition) is 2. The van der Waals surface area contributed by atoms with Crippen LogP contribution in [0.25, 0.3) is 0 Å². The molecule has 136 valence electrons. The predicted octanol–water partition coefficient (Wildman–Crippen LogP) is 5.20. The fraction of sp³-hybridized carbons (Fsp3) is 0.700. The lowest BCUT2D eigenvalue weighted by atomic mass is 9.70. The molecule has 1 aliphatic carbocycles. The molecule has 4 heteroatoms. The Morgan fingerprint density at radius 2 is 1.00 bits per heavy atom. The summed E-state index contributed by atoms with van der Waals surface area (Å²) in [5.41, 5.74) is -2.09. The maximum absolute atomic E-state index is 11.8. The average molecular weight is 336 g/mol. The Balaban J connectivity index is 2.81. The Hall–Kier alpha value is -1.58. The zero-order valence-electron chi connectivity index (χ0n) is 15.1. The number of rotatable bonds is 12. The maximum atomic E-state index is 11.8. The molecule has 0 fully saturated rings. The van der Waals surface area contributed by atoms with E-state index in [2.05, 4.69) is 13.8 Å². The van der Waals surface area contributed by atoms with Gasteiger partial charge >= 0.3 is 11.9 Å². The SMILES string of the molecule is CCCCCCC1(C(=O)O)C=CC(CCCCCC)(C(=O)O)C=C1. The van der Waals surface area contributed by atoms with Gasteiger partial charge in [0.1, 0.15) is 10.8 Å². The van der Waals surface area contributed by atoms with Crippen LogP contribution in [0.1, 0.15) is 78.1 Å². The van der Waals surface area contributed by atoms with Gasteiger partial charge in [-0.15, -0.1) is 0 Å². The Kier molecular flexibility index (Phi) is 8.23. The third kappa shape index (κ3) is 5.22. The van der Waals surface area contributed by atoms with Crippen LogP contribution < -0.4 is 0 Å². The van der Waals surface area contributed by atoms with Crippen LogP contribution >= 0.6 is 0 Å². The van der Waals surface area contributed by atoms with E-state index in [1.54, 1.807) is 24.3 Å². The van der Waals surface area contributed by atoms with E-state index < -0.39 is 22.8 Å². The third-order valence-electron chi connectivity index (χ3n) is 5.04. The fourth-order valence-corrected chi connectivity index (χ4v) is 3.23. The lowest BCUT2D eigenvalue weighted by Crippen LogP contribution is -2.35. The number of carboxylic acid groups (broad SMARTS) is 2. The molecule has 0 heterocycles. The second kappa shape index (κ2) is 9.65. The third-order valence-corrected chi connectivity index (χ3v) is 5.04. The van der Waals surface area contributed by atoms with Crippen LogP contribution in [0.4, 0.5) is 0 Å².